The second kappa shape index (κ2) is 6.77. The summed E-state index contributed by atoms with van der Waals surface area (Å²) in [5.41, 5.74) is -0.775. The van der Waals surface area contributed by atoms with Gasteiger partial charge in [0.15, 0.2) is 0 Å². The van der Waals surface area contributed by atoms with E-state index in [-0.39, 0.29) is 17.6 Å². The van der Waals surface area contributed by atoms with Gasteiger partial charge in [-0.05, 0) is 25.0 Å². The van der Waals surface area contributed by atoms with Crippen molar-refractivity contribution in [1.82, 2.24) is 9.88 Å². The van der Waals surface area contributed by atoms with Crippen LogP contribution in [0.15, 0.2) is 18.3 Å². The lowest BCUT2D eigenvalue weighted by Crippen LogP contribution is -2.40. The zero-order valence-corrected chi connectivity index (χ0v) is 13.0. The molecule has 1 aliphatic carbocycles. The molecule has 2 rings (SSSR count). The van der Waals surface area contributed by atoms with Crippen LogP contribution >= 0.6 is 15.9 Å². The molecule has 7 heteroatoms. The van der Waals surface area contributed by atoms with Crippen molar-refractivity contribution in [3.8, 4) is 0 Å². The number of hydrogen-bond acceptors (Lipinski definition) is 2. The topological polar surface area (TPSA) is 33.2 Å². The van der Waals surface area contributed by atoms with Gasteiger partial charge in [0, 0.05) is 24.1 Å². The van der Waals surface area contributed by atoms with Gasteiger partial charge in [0.25, 0.3) is 5.91 Å². The summed E-state index contributed by atoms with van der Waals surface area (Å²) in [6.07, 6.45) is 0.330. The number of pyridine rings is 1. The summed E-state index contributed by atoms with van der Waals surface area (Å²) in [6.45, 7) is 0.534. The molecule has 0 N–H and O–H groups in total. The fraction of sp³-hybridized carbons (Fsp3) is 0.571. The average molecular weight is 365 g/mol. The van der Waals surface area contributed by atoms with Crippen molar-refractivity contribution < 1.29 is 18.0 Å². The second-order valence-corrected chi connectivity index (χ2v) is 5.85. The van der Waals surface area contributed by atoms with Gasteiger partial charge in [-0.25, -0.2) is 0 Å². The lowest BCUT2D eigenvalue weighted by Gasteiger charge is -2.28. The lowest BCUT2D eigenvalue weighted by molar-refractivity contribution is -0.137. The maximum Gasteiger partial charge on any atom is 0.417 e. The first kappa shape index (κ1) is 16.3. The Kier molecular flexibility index (Phi) is 5.24. The van der Waals surface area contributed by atoms with E-state index in [1.54, 1.807) is 4.90 Å². The molecular weight excluding hydrogens is 349 g/mol. The highest BCUT2D eigenvalue weighted by Gasteiger charge is 2.32. The standard InChI is InChI=1S/C14H16BrF3N2O/c15-7-8-20(11-3-1-2-4-11)13(21)12-6-5-10(9-19-12)14(16,17)18/h5-6,9,11H,1-4,7-8H2. The molecule has 0 atom stereocenters. The minimum absolute atomic E-state index is 0.0656. The quantitative estimate of drug-likeness (QED) is 0.759. The highest BCUT2D eigenvalue weighted by atomic mass is 79.9. The summed E-state index contributed by atoms with van der Waals surface area (Å²) < 4.78 is 37.5. The molecule has 21 heavy (non-hydrogen) atoms. The normalized spacial score (nSPS) is 16.2. The van der Waals surface area contributed by atoms with Crippen LogP contribution in [0, 0.1) is 0 Å². The van der Waals surface area contributed by atoms with Crippen LogP contribution < -0.4 is 0 Å². The molecule has 0 bridgehead atoms. The van der Waals surface area contributed by atoms with Crippen LogP contribution in [0.25, 0.3) is 0 Å². The summed E-state index contributed by atoms with van der Waals surface area (Å²) in [5, 5.41) is 0.635. The molecule has 0 saturated heterocycles. The Morgan fingerprint density at radius 3 is 2.48 bits per heavy atom. The molecule has 1 heterocycles. The minimum Gasteiger partial charge on any atom is -0.333 e. The third kappa shape index (κ3) is 3.96. The van der Waals surface area contributed by atoms with Gasteiger partial charge in [0.1, 0.15) is 5.69 Å². The third-order valence-electron chi connectivity index (χ3n) is 3.66. The molecule has 116 valence electrons. The van der Waals surface area contributed by atoms with E-state index in [1.807, 2.05) is 0 Å². The highest BCUT2D eigenvalue weighted by Crippen LogP contribution is 2.29. The van der Waals surface area contributed by atoms with Crippen LogP contribution in [-0.2, 0) is 6.18 Å². The van der Waals surface area contributed by atoms with E-state index in [9.17, 15) is 18.0 Å². The van der Waals surface area contributed by atoms with Crippen LogP contribution in [0.4, 0.5) is 13.2 Å². The van der Waals surface area contributed by atoms with Crippen molar-refractivity contribution in [3.63, 3.8) is 0 Å². The van der Waals surface area contributed by atoms with Gasteiger partial charge in [-0.3, -0.25) is 9.78 Å². The predicted molar refractivity (Wildman–Crippen MR) is 76.3 cm³/mol. The van der Waals surface area contributed by atoms with E-state index in [4.69, 9.17) is 0 Å². The monoisotopic (exact) mass is 364 g/mol. The van der Waals surface area contributed by atoms with Crippen LogP contribution in [0.2, 0.25) is 0 Å². The summed E-state index contributed by atoms with van der Waals surface area (Å²) in [4.78, 5) is 17.9. The SMILES string of the molecule is O=C(c1ccc(C(F)(F)F)cn1)N(CCBr)C1CCCC1. The van der Waals surface area contributed by atoms with Crippen molar-refractivity contribution in [3.05, 3.63) is 29.6 Å². The Balaban J connectivity index is 2.16. The Morgan fingerprint density at radius 2 is 2.00 bits per heavy atom. The first-order chi connectivity index (χ1) is 9.93. The van der Waals surface area contributed by atoms with Crippen LogP contribution in [0.1, 0.15) is 41.7 Å². The van der Waals surface area contributed by atoms with Gasteiger partial charge in [-0.15, -0.1) is 0 Å². The van der Waals surface area contributed by atoms with Crippen molar-refractivity contribution in [1.29, 1.82) is 0 Å². The first-order valence-corrected chi connectivity index (χ1v) is 7.96. The molecule has 3 nitrogen and oxygen atoms in total. The summed E-state index contributed by atoms with van der Waals surface area (Å²) in [6, 6.07) is 2.22. The number of alkyl halides is 4. The summed E-state index contributed by atoms with van der Waals surface area (Å²) in [7, 11) is 0. The van der Waals surface area contributed by atoms with E-state index < -0.39 is 11.7 Å². The van der Waals surface area contributed by atoms with Crippen molar-refractivity contribution >= 4 is 21.8 Å². The smallest absolute Gasteiger partial charge is 0.333 e. The van der Waals surface area contributed by atoms with Crippen molar-refractivity contribution in [2.24, 2.45) is 0 Å². The molecule has 0 radical (unpaired) electrons. The van der Waals surface area contributed by atoms with Gasteiger partial charge < -0.3 is 4.90 Å². The molecule has 1 saturated carbocycles. The van der Waals surface area contributed by atoms with Crippen LogP contribution in [0.3, 0.4) is 0 Å². The Hall–Kier alpha value is -1.11. The predicted octanol–water partition coefficient (Wildman–Crippen LogP) is 3.88. The Labute approximate surface area is 129 Å². The number of aromatic nitrogens is 1. The molecule has 0 spiro atoms. The van der Waals surface area contributed by atoms with Crippen molar-refractivity contribution in [2.75, 3.05) is 11.9 Å². The van der Waals surface area contributed by atoms with Gasteiger partial charge >= 0.3 is 6.18 Å². The maximum absolute atomic E-state index is 12.5. The largest absolute Gasteiger partial charge is 0.417 e. The number of carbonyl (C=O) groups is 1. The molecule has 0 aromatic carbocycles. The average Bonchev–Trinajstić information content (AvgIpc) is 2.97. The molecular formula is C14H16BrF3N2O. The molecule has 1 amide bonds. The minimum atomic E-state index is -4.43. The molecule has 0 aliphatic heterocycles. The zero-order valence-electron chi connectivity index (χ0n) is 11.4. The molecule has 1 fully saturated rings. The second-order valence-electron chi connectivity index (χ2n) is 5.06. The van der Waals surface area contributed by atoms with Gasteiger partial charge in [0.05, 0.1) is 5.56 Å². The molecule has 1 aromatic heterocycles. The molecule has 0 unspecified atom stereocenters. The number of carbonyl (C=O) groups excluding carboxylic acids is 1. The van der Waals surface area contributed by atoms with Gasteiger partial charge in [0.2, 0.25) is 0 Å². The number of amides is 1. The summed E-state index contributed by atoms with van der Waals surface area (Å²) >= 11 is 3.31. The van der Waals surface area contributed by atoms with Gasteiger partial charge in [-0.2, -0.15) is 13.2 Å². The maximum atomic E-state index is 12.5. The lowest BCUT2D eigenvalue weighted by atomic mass is 10.1. The van der Waals surface area contributed by atoms with E-state index in [0.717, 1.165) is 37.8 Å². The van der Waals surface area contributed by atoms with E-state index in [0.29, 0.717) is 18.1 Å². The van der Waals surface area contributed by atoms with Crippen molar-refractivity contribution in [2.45, 2.75) is 37.9 Å². The Morgan fingerprint density at radius 1 is 1.33 bits per heavy atom. The van der Waals surface area contributed by atoms with Gasteiger partial charge in [-0.1, -0.05) is 28.8 Å². The highest BCUT2D eigenvalue weighted by molar-refractivity contribution is 9.09. The molecule has 1 aromatic rings. The summed E-state index contributed by atoms with van der Waals surface area (Å²) in [5.74, 6) is -0.296. The van der Waals surface area contributed by atoms with Crippen LogP contribution in [-0.4, -0.2) is 33.7 Å². The number of rotatable bonds is 4. The van der Waals surface area contributed by atoms with E-state index in [2.05, 4.69) is 20.9 Å². The number of nitrogens with zero attached hydrogens (tertiary/aromatic N) is 2. The number of hydrogen-bond donors (Lipinski definition) is 0. The fourth-order valence-electron chi connectivity index (χ4n) is 2.59. The zero-order chi connectivity index (χ0) is 15.5. The van der Waals surface area contributed by atoms with E-state index in [1.165, 1.54) is 0 Å². The van der Waals surface area contributed by atoms with Crippen LogP contribution in [0.5, 0.6) is 0 Å². The Bertz CT molecular complexity index is 484. The van der Waals surface area contributed by atoms with E-state index >= 15 is 0 Å². The fourth-order valence-corrected chi connectivity index (χ4v) is 2.97. The number of halogens is 4. The third-order valence-corrected chi connectivity index (χ3v) is 4.02. The molecule has 1 aliphatic rings. The first-order valence-electron chi connectivity index (χ1n) is 6.83.